The second-order valence-electron chi connectivity index (χ2n) is 6.88. The van der Waals surface area contributed by atoms with Crippen molar-refractivity contribution < 1.29 is 17.9 Å². The molecule has 1 amide bonds. The predicted octanol–water partition coefficient (Wildman–Crippen LogP) is 1.74. The quantitative estimate of drug-likeness (QED) is 0.537. The minimum absolute atomic E-state index is 0.0213. The highest BCUT2D eigenvalue weighted by molar-refractivity contribution is 7.89. The second-order valence-corrected chi connectivity index (χ2v) is 9.08. The van der Waals surface area contributed by atoms with Crippen LogP contribution in [0.25, 0.3) is 0 Å². The van der Waals surface area contributed by atoms with Crippen molar-refractivity contribution in [1.29, 1.82) is 0 Å². The van der Waals surface area contributed by atoms with Crippen molar-refractivity contribution >= 4 is 33.5 Å². The van der Waals surface area contributed by atoms with E-state index in [4.69, 9.17) is 16.3 Å². The summed E-state index contributed by atoms with van der Waals surface area (Å²) < 4.78 is 32.8. The summed E-state index contributed by atoms with van der Waals surface area (Å²) in [4.78, 5) is 12.0. The lowest BCUT2D eigenvalue weighted by atomic mass is 9.85. The smallest absolute Gasteiger partial charge is 0.269 e. The maximum Gasteiger partial charge on any atom is 0.269 e. The van der Waals surface area contributed by atoms with Gasteiger partial charge in [0.25, 0.3) is 11.9 Å². The number of rotatable bonds is 9. The van der Waals surface area contributed by atoms with E-state index in [2.05, 4.69) is 30.7 Å². The lowest BCUT2D eigenvalue weighted by molar-refractivity contribution is -0.123. The van der Waals surface area contributed by atoms with Crippen molar-refractivity contribution in [3.8, 4) is 0 Å². The Balaban J connectivity index is 1.32. The van der Waals surface area contributed by atoms with E-state index >= 15 is 0 Å². The lowest BCUT2D eigenvalue weighted by Gasteiger charge is -2.28. The zero-order valence-electron chi connectivity index (χ0n) is 15.7. The first-order chi connectivity index (χ1) is 13.9. The van der Waals surface area contributed by atoms with Crippen LogP contribution < -0.4 is 10.0 Å². The minimum atomic E-state index is -3.52. The van der Waals surface area contributed by atoms with E-state index < -0.39 is 10.0 Å². The first kappa shape index (κ1) is 21.6. The average Bonchev–Trinajstić information content (AvgIpc) is 3.20. The van der Waals surface area contributed by atoms with Gasteiger partial charge in [0.2, 0.25) is 10.0 Å². The first-order valence-corrected chi connectivity index (χ1v) is 11.2. The fourth-order valence-corrected chi connectivity index (χ4v) is 4.42. The van der Waals surface area contributed by atoms with E-state index in [0.29, 0.717) is 17.5 Å². The highest BCUT2D eigenvalue weighted by Gasteiger charge is 2.23. The van der Waals surface area contributed by atoms with E-state index in [1.165, 1.54) is 12.1 Å². The van der Waals surface area contributed by atoms with Crippen molar-refractivity contribution in [2.45, 2.75) is 43.1 Å². The van der Waals surface area contributed by atoms with Gasteiger partial charge in [0.15, 0.2) is 0 Å². The van der Waals surface area contributed by atoms with Gasteiger partial charge in [0.05, 0.1) is 11.0 Å². The molecule has 10 nitrogen and oxygen atoms in total. The third-order valence-electron chi connectivity index (χ3n) is 4.81. The van der Waals surface area contributed by atoms with Crippen LogP contribution in [0.15, 0.2) is 29.2 Å². The summed E-state index contributed by atoms with van der Waals surface area (Å²) >= 11 is 5.79. The van der Waals surface area contributed by atoms with Gasteiger partial charge < -0.3 is 4.74 Å². The number of sulfonamides is 1. The molecule has 1 heterocycles. The van der Waals surface area contributed by atoms with Gasteiger partial charge in [-0.05, 0) is 67.5 Å². The van der Waals surface area contributed by atoms with Crippen LogP contribution in [-0.4, -0.2) is 54.2 Å². The van der Waals surface area contributed by atoms with E-state index in [9.17, 15) is 13.2 Å². The molecule has 0 atom stereocenters. The molecule has 29 heavy (non-hydrogen) atoms. The van der Waals surface area contributed by atoms with Crippen LogP contribution in [0, 0.1) is 5.92 Å². The van der Waals surface area contributed by atoms with Crippen molar-refractivity contribution in [3.63, 3.8) is 0 Å². The number of carbonyl (C=O) groups is 1. The van der Waals surface area contributed by atoms with E-state index in [0.717, 1.165) is 32.1 Å². The van der Waals surface area contributed by atoms with Gasteiger partial charge in [-0.15, -0.1) is 5.10 Å². The summed E-state index contributed by atoms with van der Waals surface area (Å²) in [5, 5.41) is 15.9. The Morgan fingerprint density at radius 2 is 1.93 bits per heavy atom. The number of aromatic amines is 1. The number of anilines is 1. The van der Waals surface area contributed by atoms with Crippen molar-refractivity contribution in [2.24, 2.45) is 5.92 Å². The predicted molar refractivity (Wildman–Crippen MR) is 106 cm³/mol. The molecule has 0 radical (unpaired) electrons. The molecule has 0 saturated heterocycles. The van der Waals surface area contributed by atoms with Crippen LogP contribution in [-0.2, 0) is 19.6 Å². The summed E-state index contributed by atoms with van der Waals surface area (Å²) in [6.07, 6.45) is 4.32. The molecule has 0 bridgehead atoms. The van der Waals surface area contributed by atoms with Gasteiger partial charge in [0, 0.05) is 11.6 Å². The van der Waals surface area contributed by atoms with Crippen LogP contribution in [0.1, 0.15) is 32.1 Å². The molecule has 12 heteroatoms. The summed E-state index contributed by atoms with van der Waals surface area (Å²) in [6.45, 7) is 0.318. The van der Waals surface area contributed by atoms with Gasteiger partial charge in [-0.1, -0.05) is 16.7 Å². The molecule has 3 rings (SSSR count). The number of ether oxygens (including phenoxy) is 1. The molecule has 1 aromatic carbocycles. The zero-order chi connectivity index (χ0) is 20.7. The number of tetrazole rings is 1. The molecule has 0 aliphatic heterocycles. The van der Waals surface area contributed by atoms with Gasteiger partial charge in [0.1, 0.15) is 6.61 Å². The van der Waals surface area contributed by atoms with E-state index in [1.54, 1.807) is 12.1 Å². The van der Waals surface area contributed by atoms with Gasteiger partial charge in [-0.3, -0.25) is 10.1 Å². The molecule has 1 saturated carbocycles. The number of benzene rings is 1. The van der Waals surface area contributed by atoms with Crippen LogP contribution in [0.3, 0.4) is 0 Å². The molecule has 158 valence electrons. The van der Waals surface area contributed by atoms with E-state index in [1.807, 2.05) is 0 Å². The maximum absolute atomic E-state index is 12.3. The molecule has 3 N–H and O–H groups in total. The molecule has 0 spiro atoms. The Kier molecular flexibility index (Phi) is 7.53. The summed E-state index contributed by atoms with van der Waals surface area (Å²) in [5.74, 6) is 0.212. The number of carbonyl (C=O) groups excluding carboxylic acids is 1. The van der Waals surface area contributed by atoms with Crippen LogP contribution >= 0.6 is 11.6 Å². The first-order valence-electron chi connectivity index (χ1n) is 9.32. The van der Waals surface area contributed by atoms with E-state index in [-0.39, 0.29) is 29.5 Å². The van der Waals surface area contributed by atoms with Crippen molar-refractivity contribution in [1.82, 2.24) is 25.3 Å². The Hall–Kier alpha value is -2.08. The van der Waals surface area contributed by atoms with Crippen LogP contribution in [0.4, 0.5) is 5.95 Å². The highest BCUT2D eigenvalue weighted by Crippen LogP contribution is 2.28. The maximum atomic E-state index is 12.3. The number of halogens is 1. The molecule has 1 aliphatic carbocycles. The topological polar surface area (TPSA) is 139 Å². The summed E-state index contributed by atoms with van der Waals surface area (Å²) in [7, 11) is -3.52. The van der Waals surface area contributed by atoms with Crippen LogP contribution in [0.2, 0.25) is 5.02 Å². The standard InChI is InChI=1S/C17H23ClN6O4S/c18-13-3-7-15(8-4-13)29(26,27)19-10-9-12-1-5-14(6-2-12)28-11-16(25)20-17-21-23-24-22-17/h3-4,7-8,12,14,19H,1-2,5-6,9-11H2,(H2,20,21,22,23,24,25). The fourth-order valence-electron chi connectivity index (χ4n) is 3.25. The molecule has 2 aromatic rings. The monoisotopic (exact) mass is 442 g/mol. The number of hydrogen-bond acceptors (Lipinski definition) is 7. The number of aromatic nitrogens is 4. The SMILES string of the molecule is O=C(COC1CCC(CCNS(=O)(=O)c2ccc(Cl)cc2)CC1)Nc1nn[nH]n1. The molecular formula is C17H23ClN6O4S. The minimum Gasteiger partial charge on any atom is -0.368 e. The van der Waals surface area contributed by atoms with Crippen molar-refractivity contribution in [2.75, 3.05) is 18.5 Å². The number of nitrogens with zero attached hydrogens (tertiary/aromatic N) is 3. The average molecular weight is 443 g/mol. The van der Waals surface area contributed by atoms with Crippen molar-refractivity contribution in [3.05, 3.63) is 29.3 Å². The van der Waals surface area contributed by atoms with Gasteiger partial charge in [-0.25, -0.2) is 13.1 Å². The number of nitrogens with one attached hydrogen (secondary N) is 3. The Morgan fingerprint density at radius 3 is 2.59 bits per heavy atom. The highest BCUT2D eigenvalue weighted by atomic mass is 35.5. The molecular weight excluding hydrogens is 420 g/mol. The fraction of sp³-hybridized carbons (Fsp3) is 0.529. The number of H-pyrrole nitrogens is 1. The van der Waals surface area contributed by atoms with Crippen LogP contribution in [0.5, 0.6) is 0 Å². The molecule has 1 aliphatic rings. The molecule has 1 aromatic heterocycles. The Morgan fingerprint density at radius 1 is 1.21 bits per heavy atom. The summed E-state index contributed by atoms with van der Waals surface area (Å²) in [5.41, 5.74) is 0. The Labute approximate surface area is 173 Å². The third kappa shape index (κ3) is 6.74. The summed E-state index contributed by atoms with van der Waals surface area (Å²) in [6, 6.07) is 6.09. The normalized spacial score (nSPS) is 19.8. The van der Waals surface area contributed by atoms with Gasteiger partial charge >= 0.3 is 0 Å². The molecule has 0 unspecified atom stereocenters. The second kappa shape index (κ2) is 10.1. The lowest BCUT2D eigenvalue weighted by Crippen LogP contribution is -2.29. The number of hydrogen-bond donors (Lipinski definition) is 3. The van der Waals surface area contributed by atoms with Gasteiger partial charge in [-0.2, -0.15) is 5.21 Å². The Bertz CT molecular complexity index is 883. The third-order valence-corrected chi connectivity index (χ3v) is 6.54. The zero-order valence-corrected chi connectivity index (χ0v) is 17.2. The molecule has 1 fully saturated rings. The largest absolute Gasteiger partial charge is 0.368 e. The number of amides is 1.